The highest BCUT2D eigenvalue weighted by molar-refractivity contribution is 5.84. The van der Waals surface area contributed by atoms with E-state index in [0.29, 0.717) is 5.92 Å². The Morgan fingerprint density at radius 1 is 1.41 bits per heavy atom. The van der Waals surface area contributed by atoms with Gasteiger partial charge in [0.25, 0.3) is 5.91 Å². The molecule has 0 unspecified atom stereocenters. The zero-order valence-electron chi connectivity index (χ0n) is 13.2. The third-order valence-electron chi connectivity index (χ3n) is 5.16. The van der Waals surface area contributed by atoms with Crippen LogP contribution in [0.3, 0.4) is 0 Å². The predicted octanol–water partition coefficient (Wildman–Crippen LogP) is 1.05. The quantitative estimate of drug-likeness (QED) is 0.814. The number of ether oxygens (including phenoxy) is 1. The lowest BCUT2D eigenvalue weighted by Gasteiger charge is -2.21. The van der Waals surface area contributed by atoms with Crippen LogP contribution in [-0.4, -0.2) is 59.8 Å². The first-order chi connectivity index (χ1) is 10.6. The molecule has 6 nitrogen and oxygen atoms in total. The van der Waals surface area contributed by atoms with Gasteiger partial charge in [0.15, 0.2) is 0 Å². The second-order valence-corrected chi connectivity index (χ2v) is 7.00. The Morgan fingerprint density at radius 2 is 2.23 bits per heavy atom. The number of carbonyl (C=O) groups is 1. The Kier molecular flexibility index (Phi) is 3.46. The van der Waals surface area contributed by atoms with Gasteiger partial charge in [-0.2, -0.15) is 0 Å². The molecule has 1 saturated carbocycles. The fourth-order valence-corrected chi connectivity index (χ4v) is 3.72. The molecule has 2 saturated heterocycles. The van der Waals surface area contributed by atoms with Crippen LogP contribution in [0.15, 0.2) is 10.6 Å². The number of rotatable bonds is 5. The lowest BCUT2D eigenvalue weighted by molar-refractivity contribution is -0.138. The van der Waals surface area contributed by atoms with E-state index in [1.54, 1.807) is 0 Å². The molecule has 1 amide bonds. The molecule has 22 heavy (non-hydrogen) atoms. The van der Waals surface area contributed by atoms with E-state index < -0.39 is 0 Å². The molecule has 1 aliphatic carbocycles. The fourth-order valence-electron chi connectivity index (χ4n) is 3.72. The van der Waals surface area contributed by atoms with Crippen LogP contribution < -0.4 is 0 Å². The molecule has 2 aliphatic heterocycles. The minimum Gasteiger partial charge on any atom is -0.368 e. The van der Waals surface area contributed by atoms with Crippen LogP contribution in [0, 0.1) is 18.8 Å². The topological polar surface area (TPSA) is 58.8 Å². The molecular weight excluding hydrogens is 282 g/mol. The summed E-state index contributed by atoms with van der Waals surface area (Å²) in [7, 11) is 1.91. The number of aryl methyl sites for hydroxylation is 1. The molecular formula is C16H23N3O3. The number of amides is 1. The number of nitrogens with zero attached hydrogens (tertiary/aromatic N) is 3. The van der Waals surface area contributed by atoms with Gasteiger partial charge >= 0.3 is 0 Å². The van der Waals surface area contributed by atoms with Crippen molar-refractivity contribution in [3.63, 3.8) is 0 Å². The van der Waals surface area contributed by atoms with Gasteiger partial charge in [-0.25, -0.2) is 0 Å². The normalized spacial score (nSPS) is 32.0. The van der Waals surface area contributed by atoms with E-state index in [2.05, 4.69) is 10.1 Å². The van der Waals surface area contributed by atoms with Crippen LogP contribution in [0.25, 0.3) is 0 Å². The average molecular weight is 305 g/mol. The zero-order chi connectivity index (χ0) is 15.3. The smallest absolute Gasteiger partial charge is 0.252 e. The Hall–Kier alpha value is -1.40. The monoisotopic (exact) mass is 305 g/mol. The third-order valence-corrected chi connectivity index (χ3v) is 5.16. The maximum atomic E-state index is 12.4. The van der Waals surface area contributed by atoms with Crippen molar-refractivity contribution < 1.29 is 14.1 Å². The van der Waals surface area contributed by atoms with E-state index in [-0.39, 0.29) is 24.0 Å². The van der Waals surface area contributed by atoms with Crippen LogP contribution in [0.5, 0.6) is 0 Å². The molecule has 3 aliphatic rings. The van der Waals surface area contributed by atoms with Gasteiger partial charge in [0.2, 0.25) is 0 Å². The average Bonchev–Trinajstić information content (AvgIpc) is 3.03. The summed E-state index contributed by atoms with van der Waals surface area (Å²) in [5.41, 5.74) is 0.960. The Bertz CT molecular complexity index is 569. The van der Waals surface area contributed by atoms with Gasteiger partial charge in [-0.3, -0.25) is 9.69 Å². The molecule has 0 spiro atoms. The summed E-state index contributed by atoms with van der Waals surface area (Å²) in [6.45, 7) is 5.21. The van der Waals surface area contributed by atoms with Crippen molar-refractivity contribution in [2.24, 2.45) is 11.8 Å². The van der Waals surface area contributed by atoms with Crippen molar-refractivity contribution >= 4 is 5.91 Å². The van der Waals surface area contributed by atoms with Gasteiger partial charge in [0, 0.05) is 38.7 Å². The molecule has 0 bridgehead atoms. The van der Waals surface area contributed by atoms with E-state index >= 15 is 0 Å². The number of fused-ring (bicyclic) bond motifs is 1. The van der Waals surface area contributed by atoms with Crippen LogP contribution in [0.2, 0.25) is 0 Å². The molecule has 3 fully saturated rings. The maximum absolute atomic E-state index is 12.4. The van der Waals surface area contributed by atoms with E-state index in [9.17, 15) is 4.79 Å². The standard InChI is InChI=1S/C16H23N3O3/c1-10-5-12(17-22-10)6-19-7-13-14(8-19)18(2)16(20)15(13)21-9-11-3-4-11/h5,11,13-15H,3-4,6-9H2,1-2H3/t13-,14+,15-/m0/s1. The summed E-state index contributed by atoms with van der Waals surface area (Å²) in [6, 6.07) is 2.24. The number of likely N-dealkylation sites (tertiary alicyclic amines) is 2. The first-order valence-corrected chi connectivity index (χ1v) is 8.14. The van der Waals surface area contributed by atoms with E-state index in [4.69, 9.17) is 9.26 Å². The van der Waals surface area contributed by atoms with E-state index in [1.807, 2.05) is 24.9 Å². The maximum Gasteiger partial charge on any atom is 0.252 e. The number of likely N-dealkylation sites (N-methyl/N-ethyl adjacent to an activating group) is 1. The highest BCUT2D eigenvalue weighted by Gasteiger charge is 2.51. The van der Waals surface area contributed by atoms with Crippen molar-refractivity contribution in [1.82, 2.24) is 15.0 Å². The van der Waals surface area contributed by atoms with Crippen molar-refractivity contribution in [2.75, 3.05) is 26.7 Å². The molecule has 3 atom stereocenters. The van der Waals surface area contributed by atoms with Crippen molar-refractivity contribution in [2.45, 2.75) is 38.5 Å². The van der Waals surface area contributed by atoms with Crippen molar-refractivity contribution in [3.05, 3.63) is 17.5 Å². The highest BCUT2D eigenvalue weighted by atomic mass is 16.5. The zero-order valence-corrected chi connectivity index (χ0v) is 13.2. The largest absolute Gasteiger partial charge is 0.368 e. The predicted molar refractivity (Wildman–Crippen MR) is 79.0 cm³/mol. The first kappa shape index (κ1) is 14.2. The van der Waals surface area contributed by atoms with Crippen molar-refractivity contribution in [1.29, 1.82) is 0 Å². The summed E-state index contributed by atoms with van der Waals surface area (Å²) in [4.78, 5) is 16.6. The molecule has 0 aromatic carbocycles. The highest BCUT2D eigenvalue weighted by Crippen LogP contribution is 2.36. The SMILES string of the molecule is Cc1cc(CN2C[C@@H]3[C@H](OCC4CC4)C(=O)N(C)[C@@H]3C2)no1. The van der Waals surface area contributed by atoms with Gasteiger partial charge < -0.3 is 14.2 Å². The Labute approximate surface area is 130 Å². The number of carbonyl (C=O) groups excluding carboxylic acids is 1. The van der Waals surface area contributed by atoms with Crippen LogP contribution in [-0.2, 0) is 16.1 Å². The molecule has 6 heteroatoms. The van der Waals surface area contributed by atoms with Crippen LogP contribution in [0.1, 0.15) is 24.3 Å². The summed E-state index contributed by atoms with van der Waals surface area (Å²) >= 11 is 0. The molecule has 0 N–H and O–H groups in total. The second-order valence-electron chi connectivity index (χ2n) is 7.00. The number of aromatic nitrogens is 1. The Balaban J connectivity index is 1.41. The van der Waals surface area contributed by atoms with Crippen LogP contribution >= 0.6 is 0 Å². The van der Waals surface area contributed by atoms with Gasteiger partial charge in [0.1, 0.15) is 11.9 Å². The molecule has 0 radical (unpaired) electrons. The fraction of sp³-hybridized carbons (Fsp3) is 0.750. The molecule has 1 aromatic heterocycles. The molecule has 1 aromatic rings. The first-order valence-electron chi connectivity index (χ1n) is 8.14. The number of hydrogen-bond donors (Lipinski definition) is 0. The van der Waals surface area contributed by atoms with Gasteiger partial charge in [-0.1, -0.05) is 5.16 Å². The van der Waals surface area contributed by atoms with Gasteiger partial charge in [0.05, 0.1) is 18.3 Å². The summed E-state index contributed by atoms with van der Waals surface area (Å²) in [6.07, 6.45) is 2.25. The Morgan fingerprint density at radius 3 is 2.91 bits per heavy atom. The molecule has 120 valence electrons. The van der Waals surface area contributed by atoms with E-state index in [1.165, 1.54) is 12.8 Å². The lowest BCUT2D eigenvalue weighted by atomic mass is 10.0. The summed E-state index contributed by atoms with van der Waals surface area (Å²) in [5.74, 6) is 1.97. The summed E-state index contributed by atoms with van der Waals surface area (Å²) in [5, 5.41) is 4.07. The minimum atomic E-state index is -0.250. The third kappa shape index (κ3) is 2.54. The minimum absolute atomic E-state index is 0.160. The molecule has 4 rings (SSSR count). The van der Waals surface area contributed by atoms with Gasteiger partial charge in [-0.05, 0) is 25.7 Å². The van der Waals surface area contributed by atoms with Crippen molar-refractivity contribution in [3.8, 4) is 0 Å². The number of hydrogen-bond acceptors (Lipinski definition) is 5. The van der Waals surface area contributed by atoms with Crippen LogP contribution in [0.4, 0.5) is 0 Å². The molecule has 3 heterocycles. The van der Waals surface area contributed by atoms with Gasteiger partial charge in [-0.15, -0.1) is 0 Å². The summed E-state index contributed by atoms with van der Waals surface area (Å²) < 4.78 is 11.1. The lowest BCUT2D eigenvalue weighted by Crippen LogP contribution is -2.37. The van der Waals surface area contributed by atoms with E-state index in [0.717, 1.165) is 37.7 Å². The second kappa shape index (κ2) is 5.35.